The second-order valence-corrected chi connectivity index (χ2v) is 7.66. The maximum absolute atomic E-state index is 12.8. The van der Waals surface area contributed by atoms with Crippen LogP contribution in [-0.2, 0) is 10.0 Å². The lowest BCUT2D eigenvalue weighted by Gasteiger charge is -2.33. The maximum atomic E-state index is 12.8. The minimum absolute atomic E-state index is 0.0256. The smallest absolute Gasteiger partial charge is 0.289 e. The third-order valence-corrected chi connectivity index (χ3v) is 6.32. The molecule has 1 aromatic rings. The molecule has 1 saturated heterocycles. The summed E-state index contributed by atoms with van der Waals surface area (Å²) in [6, 6.07) is 4.33. The summed E-state index contributed by atoms with van der Waals surface area (Å²) in [5.41, 5.74) is 5.89. The molecule has 1 aliphatic rings. The Kier molecular flexibility index (Phi) is 4.84. The number of sulfonamides is 1. The summed E-state index contributed by atoms with van der Waals surface area (Å²) in [4.78, 5) is 10.3. The SMILES string of the molecule is Cc1cccc([N+](=O)[O-])c1S(=O)(=O)N1CCC(C(C)N)CC1. The predicted octanol–water partition coefficient (Wildman–Crippen LogP) is 1.65. The molecule has 1 heterocycles. The molecule has 0 spiro atoms. The van der Waals surface area contributed by atoms with Gasteiger partial charge in [-0.1, -0.05) is 12.1 Å². The molecule has 0 radical (unpaired) electrons. The van der Waals surface area contributed by atoms with Crippen LogP contribution in [0.4, 0.5) is 5.69 Å². The van der Waals surface area contributed by atoms with E-state index in [2.05, 4.69) is 0 Å². The van der Waals surface area contributed by atoms with E-state index in [0.29, 0.717) is 37.4 Å². The summed E-state index contributed by atoms with van der Waals surface area (Å²) >= 11 is 0. The zero-order chi connectivity index (χ0) is 16.5. The number of nitrogens with two attached hydrogens (primary N) is 1. The Labute approximate surface area is 130 Å². The van der Waals surface area contributed by atoms with Gasteiger partial charge in [-0.15, -0.1) is 0 Å². The standard InChI is InChI=1S/C14H21N3O4S/c1-10-4-3-5-13(17(18)19)14(10)22(20,21)16-8-6-12(7-9-16)11(2)15/h3-5,11-12H,6-9,15H2,1-2H3. The number of aryl methyl sites for hydroxylation is 1. The first-order valence-electron chi connectivity index (χ1n) is 7.25. The van der Waals surface area contributed by atoms with Crippen molar-refractivity contribution >= 4 is 15.7 Å². The van der Waals surface area contributed by atoms with Crippen molar-refractivity contribution in [3.8, 4) is 0 Å². The van der Waals surface area contributed by atoms with Gasteiger partial charge in [0.1, 0.15) is 0 Å². The zero-order valence-corrected chi connectivity index (χ0v) is 13.5. The highest BCUT2D eigenvalue weighted by Gasteiger charge is 2.35. The fourth-order valence-corrected chi connectivity index (χ4v) is 4.72. The van der Waals surface area contributed by atoms with Crippen molar-refractivity contribution in [3.05, 3.63) is 33.9 Å². The summed E-state index contributed by atoms with van der Waals surface area (Å²) in [6.45, 7) is 4.19. The van der Waals surface area contributed by atoms with Gasteiger partial charge in [-0.3, -0.25) is 10.1 Å². The van der Waals surface area contributed by atoms with Gasteiger partial charge in [0, 0.05) is 25.2 Å². The van der Waals surface area contributed by atoms with Gasteiger partial charge in [-0.25, -0.2) is 8.42 Å². The molecule has 0 amide bonds. The molecule has 1 aliphatic heterocycles. The zero-order valence-electron chi connectivity index (χ0n) is 12.7. The molecule has 122 valence electrons. The molecule has 0 saturated carbocycles. The van der Waals surface area contributed by atoms with Crippen LogP contribution in [-0.4, -0.2) is 36.8 Å². The van der Waals surface area contributed by atoms with Crippen LogP contribution in [0.1, 0.15) is 25.3 Å². The van der Waals surface area contributed by atoms with E-state index in [0.717, 1.165) is 0 Å². The van der Waals surface area contributed by atoms with E-state index in [9.17, 15) is 18.5 Å². The van der Waals surface area contributed by atoms with Gasteiger partial charge in [0.25, 0.3) is 5.69 Å². The van der Waals surface area contributed by atoms with Gasteiger partial charge in [0.05, 0.1) is 4.92 Å². The molecule has 1 fully saturated rings. The van der Waals surface area contributed by atoms with E-state index in [1.807, 2.05) is 6.92 Å². The monoisotopic (exact) mass is 327 g/mol. The van der Waals surface area contributed by atoms with E-state index >= 15 is 0 Å². The summed E-state index contributed by atoms with van der Waals surface area (Å²) in [6.07, 6.45) is 1.35. The van der Waals surface area contributed by atoms with E-state index < -0.39 is 14.9 Å². The van der Waals surface area contributed by atoms with Crippen LogP contribution >= 0.6 is 0 Å². The average molecular weight is 327 g/mol. The summed E-state index contributed by atoms with van der Waals surface area (Å²) in [7, 11) is -3.87. The highest BCUT2D eigenvalue weighted by molar-refractivity contribution is 7.89. The first-order valence-corrected chi connectivity index (χ1v) is 8.69. The van der Waals surface area contributed by atoms with Crippen molar-refractivity contribution in [2.45, 2.75) is 37.6 Å². The van der Waals surface area contributed by atoms with E-state index in [4.69, 9.17) is 5.73 Å². The van der Waals surface area contributed by atoms with E-state index in [1.165, 1.54) is 16.4 Å². The van der Waals surface area contributed by atoms with Gasteiger partial charge < -0.3 is 5.73 Å². The van der Waals surface area contributed by atoms with E-state index in [1.54, 1.807) is 13.0 Å². The molecule has 8 heteroatoms. The quantitative estimate of drug-likeness (QED) is 0.668. The Morgan fingerprint density at radius 3 is 2.45 bits per heavy atom. The van der Waals surface area contributed by atoms with Crippen molar-refractivity contribution < 1.29 is 13.3 Å². The Morgan fingerprint density at radius 2 is 1.95 bits per heavy atom. The van der Waals surface area contributed by atoms with Crippen molar-refractivity contribution in [2.75, 3.05) is 13.1 Å². The molecule has 1 unspecified atom stereocenters. The van der Waals surface area contributed by atoms with Crippen LogP contribution in [0.2, 0.25) is 0 Å². The number of nitro benzene ring substituents is 1. The number of rotatable bonds is 4. The minimum Gasteiger partial charge on any atom is -0.328 e. The van der Waals surface area contributed by atoms with Crippen molar-refractivity contribution in [2.24, 2.45) is 11.7 Å². The lowest BCUT2D eigenvalue weighted by atomic mass is 9.92. The first kappa shape index (κ1) is 16.9. The molecular weight excluding hydrogens is 306 g/mol. The normalized spacial score (nSPS) is 19.0. The molecule has 7 nitrogen and oxygen atoms in total. The van der Waals surface area contributed by atoms with Gasteiger partial charge in [0.2, 0.25) is 10.0 Å². The van der Waals surface area contributed by atoms with Gasteiger partial charge >= 0.3 is 0 Å². The molecule has 0 bridgehead atoms. The van der Waals surface area contributed by atoms with Crippen LogP contribution in [0.15, 0.2) is 23.1 Å². The predicted molar refractivity (Wildman–Crippen MR) is 83.0 cm³/mol. The maximum Gasteiger partial charge on any atom is 0.289 e. The topological polar surface area (TPSA) is 107 Å². The van der Waals surface area contributed by atoms with Gasteiger partial charge in [0.15, 0.2) is 4.90 Å². The third-order valence-electron chi connectivity index (χ3n) is 4.23. The van der Waals surface area contributed by atoms with Gasteiger partial charge in [-0.2, -0.15) is 4.31 Å². The van der Waals surface area contributed by atoms with Crippen molar-refractivity contribution in [1.29, 1.82) is 0 Å². The lowest BCUT2D eigenvalue weighted by molar-refractivity contribution is -0.387. The van der Waals surface area contributed by atoms with Crippen LogP contribution in [0.3, 0.4) is 0 Å². The lowest BCUT2D eigenvalue weighted by Crippen LogP contribution is -2.42. The second kappa shape index (κ2) is 6.31. The van der Waals surface area contributed by atoms with Crippen LogP contribution in [0, 0.1) is 23.0 Å². The Hall–Kier alpha value is -1.51. The number of nitro groups is 1. The van der Waals surface area contributed by atoms with Crippen LogP contribution in [0.25, 0.3) is 0 Å². The molecule has 0 aliphatic carbocycles. The highest BCUT2D eigenvalue weighted by Crippen LogP contribution is 2.32. The number of hydrogen-bond donors (Lipinski definition) is 1. The Bertz CT molecular complexity index is 665. The van der Waals surface area contributed by atoms with Crippen molar-refractivity contribution in [3.63, 3.8) is 0 Å². The minimum atomic E-state index is -3.87. The summed E-state index contributed by atoms with van der Waals surface area (Å²) in [5.74, 6) is 0.290. The summed E-state index contributed by atoms with van der Waals surface area (Å²) < 4.78 is 26.9. The van der Waals surface area contributed by atoms with Gasteiger partial charge in [-0.05, 0) is 38.2 Å². The molecule has 1 aromatic carbocycles. The van der Waals surface area contributed by atoms with E-state index in [-0.39, 0.29) is 16.6 Å². The Morgan fingerprint density at radius 1 is 1.36 bits per heavy atom. The first-order chi connectivity index (χ1) is 10.2. The van der Waals surface area contributed by atoms with Crippen LogP contribution in [0.5, 0.6) is 0 Å². The highest BCUT2D eigenvalue weighted by atomic mass is 32.2. The molecular formula is C14H21N3O4S. The average Bonchev–Trinajstić information content (AvgIpc) is 2.46. The number of nitrogens with zero attached hydrogens (tertiary/aromatic N) is 2. The largest absolute Gasteiger partial charge is 0.328 e. The fraction of sp³-hybridized carbons (Fsp3) is 0.571. The van der Waals surface area contributed by atoms with Crippen LogP contribution < -0.4 is 5.73 Å². The van der Waals surface area contributed by atoms with Crippen molar-refractivity contribution in [1.82, 2.24) is 4.31 Å². The molecule has 22 heavy (non-hydrogen) atoms. The molecule has 0 aromatic heterocycles. The number of piperidine rings is 1. The molecule has 2 N–H and O–H groups in total. The third kappa shape index (κ3) is 3.13. The number of hydrogen-bond acceptors (Lipinski definition) is 5. The molecule has 1 atom stereocenters. The summed E-state index contributed by atoms with van der Waals surface area (Å²) in [5, 5.41) is 11.2. The molecule has 2 rings (SSSR count). The second-order valence-electron chi connectivity index (χ2n) is 5.78. The number of benzene rings is 1. The Balaban J connectivity index is 2.35. The fourth-order valence-electron chi connectivity index (χ4n) is 2.89.